The monoisotopic (exact) mass is 484 g/mol. The number of aliphatic carboxylic acids is 2. The molecule has 0 aliphatic carbocycles. The van der Waals surface area contributed by atoms with E-state index in [9.17, 15) is 24.3 Å². The lowest BCUT2D eigenvalue weighted by molar-refractivity contribution is -0.142. The highest BCUT2D eigenvalue weighted by atomic mass is 16.4. The van der Waals surface area contributed by atoms with Gasteiger partial charge in [-0.25, -0.2) is 4.79 Å². The first-order chi connectivity index (χ1) is 16.4. The van der Waals surface area contributed by atoms with Crippen molar-refractivity contribution in [3.05, 3.63) is 0 Å². The van der Waals surface area contributed by atoms with Gasteiger partial charge < -0.3 is 20.8 Å². The molecule has 1 unspecified atom stereocenters. The van der Waals surface area contributed by atoms with E-state index >= 15 is 0 Å². The van der Waals surface area contributed by atoms with Crippen LogP contribution in [0.4, 0.5) is 0 Å². The van der Waals surface area contributed by atoms with Crippen LogP contribution in [0.1, 0.15) is 129 Å². The van der Waals surface area contributed by atoms with Crippen LogP contribution in [0.15, 0.2) is 0 Å². The summed E-state index contributed by atoms with van der Waals surface area (Å²) >= 11 is 0. The highest BCUT2D eigenvalue weighted by molar-refractivity contribution is 5.83. The minimum atomic E-state index is -1.05. The van der Waals surface area contributed by atoms with Crippen molar-refractivity contribution in [2.45, 2.75) is 135 Å². The van der Waals surface area contributed by atoms with Crippen LogP contribution in [-0.2, 0) is 19.2 Å². The molecule has 4 N–H and O–H groups in total. The lowest BCUT2D eigenvalue weighted by Crippen LogP contribution is -2.40. The van der Waals surface area contributed by atoms with Gasteiger partial charge in [-0.1, -0.05) is 71.1 Å². The fraction of sp³-hybridized carbons (Fsp3) is 0.846. The summed E-state index contributed by atoms with van der Waals surface area (Å²) in [5.74, 6) is -2.11. The second-order valence-corrected chi connectivity index (χ2v) is 9.19. The first kappa shape index (κ1) is 31.9. The van der Waals surface area contributed by atoms with Crippen molar-refractivity contribution < 1.29 is 29.4 Å². The Labute approximate surface area is 205 Å². The highest BCUT2D eigenvalue weighted by Crippen LogP contribution is 2.11. The molecule has 0 aromatic rings. The Bertz CT molecular complexity index is 567. The van der Waals surface area contributed by atoms with Gasteiger partial charge in [-0.3, -0.25) is 14.4 Å². The molecule has 0 heterocycles. The summed E-state index contributed by atoms with van der Waals surface area (Å²) in [6, 6.07) is -0.919. The fourth-order valence-electron chi connectivity index (χ4n) is 3.83. The van der Waals surface area contributed by atoms with E-state index in [4.69, 9.17) is 5.11 Å². The zero-order valence-electron chi connectivity index (χ0n) is 21.2. The minimum Gasteiger partial charge on any atom is -0.481 e. The van der Waals surface area contributed by atoms with Crippen LogP contribution in [0.5, 0.6) is 0 Å². The van der Waals surface area contributed by atoms with Crippen LogP contribution in [-0.4, -0.2) is 46.6 Å². The molecule has 0 rings (SSSR count). The molecule has 0 radical (unpaired) electrons. The number of amides is 2. The van der Waals surface area contributed by atoms with E-state index in [0.717, 1.165) is 25.7 Å². The average Bonchev–Trinajstić information content (AvgIpc) is 2.78. The van der Waals surface area contributed by atoms with E-state index in [1.807, 2.05) is 0 Å². The topological polar surface area (TPSA) is 133 Å². The number of rotatable bonds is 24. The lowest BCUT2D eigenvalue weighted by Gasteiger charge is -2.14. The van der Waals surface area contributed by atoms with Gasteiger partial charge in [0.1, 0.15) is 6.04 Å². The maximum atomic E-state index is 12.0. The summed E-state index contributed by atoms with van der Waals surface area (Å²) < 4.78 is 0. The summed E-state index contributed by atoms with van der Waals surface area (Å²) in [7, 11) is 0. The van der Waals surface area contributed by atoms with Gasteiger partial charge >= 0.3 is 11.9 Å². The normalized spacial score (nSPS) is 11.7. The average molecular weight is 485 g/mol. The van der Waals surface area contributed by atoms with Crippen molar-refractivity contribution in [3.63, 3.8) is 0 Å². The number of hydrogen-bond acceptors (Lipinski definition) is 4. The van der Waals surface area contributed by atoms with Crippen LogP contribution < -0.4 is 10.6 Å². The van der Waals surface area contributed by atoms with Crippen molar-refractivity contribution in [1.82, 2.24) is 10.6 Å². The Kier molecular flexibility index (Phi) is 21.2. The number of carbonyl (C=O) groups is 4. The van der Waals surface area contributed by atoms with Crippen molar-refractivity contribution >= 4 is 23.8 Å². The first-order valence-electron chi connectivity index (χ1n) is 13.4. The molecule has 0 aliphatic rings. The molecule has 1 atom stereocenters. The van der Waals surface area contributed by atoms with Gasteiger partial charge in [0, 0.05) is 25.8 Å². The quantitative estimate of drug-likeness (QED) is 0.139. The Morgan fingerprint density at radius 1 is 0.618 bits per heavy atom. The summed E-state index contributed by atoms with van der Waals surface area (Å²) in [4.78, 5) is 45.7. The Balaban J connectivity index is 3.72. The van der Waals surface area contributed by atoms with Gasteiger partial charge in [-0.2, -0.15) is 0 Å². The van der Waals surface area contributed by atoms with Gasteiger partial charge in [0.25, 0.3) is 0 Å². The van der Waals surface area contributed by atoms with E-state index in [2.05, 4.69) is 17.6 Å². The van der Waals surface area contributed by atoms with Crippen molar-refractivity contribution in [2.75, 3.05) is 6.54 Å². The molecule has 198 valence electrons. The molecule has 2 amide bonds. The summed E-state index contributed by atoms with van der Waals surface area (Å²) in [6.45, 7) is 2.74. The second-order valence-electron chi connectivity index (χ2n) is 9.19. The molecule has 0 aromatic carbocycles. The van der Waals surface area contributed by atoms with Gasteiger partial charge in [0.15, 0.2) is 0 Å². The molecule has 34 heavy (non-hydrogen) atoms. The zero-order chi connectivity index (χ0) is 25.4. The first-order valence-corrected chi connectivity index (χ1v) is 13.4. The molecular formula is C26H48N2O6. The Hall–Kier alpha value is -2.12. The number of carboxylic acids is 2. The molecule has 0 aliphatic heterocycles. The van der Waals surface area contributed by atoms with Gasteiger partial charge in [0.2, 0.25) is 11.8 Å². The SMILES string of the molecule is CCCCCCCCCCCC(=O)NCCCCC(NC(=O)CCCCCCC(=O)O)C(=O)O. The second kappa shape index (κ2) is 22.7. The van der Waals surface area contributed by atoms with E-state index < -0.39 is 18.0 Å². The van der Waals surface area contributed by atoms with E-state index in [0.29, 0.717) is 45.1 Å². The van der Waals surface area contributed by atoms with Crippen LogP contribution in [0, 0.1) is 0 Å². The summed E-state index contributed by atoms with van der Waals surface area (Å²) in [6.07, 6.45) is 16.2. The maximum absolute atomic E-state index is 12.0. The molecule has 0 aromatic heterocycles. The van der Waals surface area contributed by atoms with Crippen molar-refractivity contribution in [3.8, 4) is 0 Å². The van der Waals surface area contributed by atoms with E-state index in [1.54, 1.807) is 0 Å². The smallest absolute Gasteiger partial charge is 0.326 e. The third-order valence-electron chi connectivity index (χ3n) is 5.93. The van der Waals surface area contributed by atoms with Crippen LogP contribution in [0.2, 0.25) is 0 Å². The molecule has 0 saturated carbocycles. The number of carbonyl (C=O) groups excluding carboxylic acids is 2. The third kappa shape index (κ3) is 21.7. The van der Waals surface area contributed by atoms with E-state index in [1.165, 1.54) is 44.9 Å². The third-order valence-corrected chi connectivity index (χ3v) is 5.93. The van der Waals surface area contributed by atoms with Crippen molar-refractivity contribution in [1.29, 1.82) is 0 Å². The molecular weight excluding hydrogens is 436 g/mol. The number of hydrogen-bond donors (Lipinski definition) is 4. The zero-order valence-corrected chi connectivity index (χ0v) is 21.2. The summed E-state index contributed by atoms with van der Waals surface area (Å²) in [5, 5.41) is 23.4. The standard InChI is InChI=1S/C26H48N2O6/c1-2-3-4-5-6-7-8-9-12-18-23(29)27-21-16-15-17-22(26(33)34)28-24(30)19-13-10-11-14-20-25(31)32/h22H,2-21H2,1H3,(H,27,29)(H,28,30)(H,31,32)(H,33,34). The predicted octanol–water partition coefficient (Wildman–Crippen LogP) is 5.19. The van der Waals surface area contributed by atoms with Crippen LogP contribution >= 0.6 is 0 Å². The molecule has 0 saturated heterocycles. The van der Waals surface area contributed by atoms with Crippen LogP contribution in [0.3, 0.4) is 0 Å². The molecule has 8 heteroatoms. The summed E-state index contributed by atoms with van der Waals surface area (Å²) in [5.41, 5.74) is 0. The fourth-order valence-corrected chi connectivity index (χ4v) is 3.83. The molecule has 0 bridgehead atoms. The molecule has 0 spiro atoms. The number of unbranched alkanes of at least 4 members (excludes halogenated alkanes) is 12. The number of carboxylic acid groups (broad SMARTS) is 2. The highest BCUT2D eigenvalue weighted by Gasteiger charge is 2.19. The van der Waals surface area contributed by atoms with Gasteiger partial charge in [-0.05, 0) is 38.5 Å². The molecule has 0 fully saturated rings. The largest absolute Gasteiger partial charge is 0.481 e. The maximum Gasteiger partial charge on any atom is 0.326 e. The lowest BCUT2D eigenvalue weighted by atomic mass is 10.1. The Morgan fingerprint density at radius 2 is 1.12 bits per heavy atom. The Morgan fingerprint density at radius 3 is 1.65 bits per heavy atom. The van der Waals surface area contributed by atoms with Gasteiger partial charge in [0.05, 0.1) is 0 Å². The minimum absolute atomic E-state index is 0.0504. The van der Waals surface area contributed by atoms with Crippen LogP contribution in [0.25, 0.3) is 0 Å². The van der Waals surface area contributed by atoms with Crippen molar-refractivity contribution in [2.24, 2.45) is 0 Å². The predicted molar refractivity (Wildman–Crippen MR) is 134 cm³/mol. The van der Waals surface area contributed by atoms with E-state index in [-0.39, 0.29) is 24.7 Å². The van der Waals surface area contributed by atoms with Gasteiger partial charge in [-0.15, -0.1) is 0 Å². The molecule has 8 nitrogen and oxygen atoms in total. The number of nitrogens with one attached hydrogen (secondary N) is 2.